The molecule has 0 unspecified atom stereocenters. The molecular weight excluding hydrogens is 59.0 g/mol. The molecule has 1 heteroatoms. The third-order valence-corrected chi connectivity index (χ3v) is 0.289. The van der Waals surface area contributed by atoms with Gasteiger partial charge in [0.15, 0.2) is 0 Å². The molecule has 1 aliphatic rings. The van der Waals surface area contributed by atoms with Crippen LogP contribution in [0.5, 0.6) is 0 Å². The SMILES string of the molecule is [CH]1CC1.[NaH]. The molecular formula is C3H6Na. The van der Waals surface area contributed by atoms with Crippen LogP contribution in [0, 0.1) is 6.42 Å². The van der Waals surface area contributed by atoms with Crippen molar-refractivity contribution in [3.8, 4) is 0 Å². The van der Waals surface area contributed by atoms with E-state index in [9.17, 15) is 0 Å². The van der Waals surface area contributed by atoms with Gasteiger partial charge >= 0.3 is 29.6 Å². The molecule has 1 radical (unpaired) electrons. The van der Waals surface area contributed by atoms with Gasteiger partial charge in [0, 0.05) is 0 Å². The van der Waals surface area contributed by atoms with E-state index in [0.29, 0.717) is 0 Å². The molecule has 0 atom stereocenters. The summed E-state index contributed by atoms with van der Waals surface area (Å²) in [5, 5.41) is 0. The summed E-state index contributed by atoms with van der Waals surface area (Å²) in [4.78, 5) is 0. The van der Waals surface area contributed by atoms with Crippen molar-refractivity contribution in [2.45, 2.75) is 12.8 Å². The van der Waals surface area contributed by atoms with Gasteiger partial charge in [0.1, 0.15) is 0 Å². The number of hydrogen-bond acceptors (Lipinski definition) is 0. The zero-order chi connectivity index (χ0) is 2.12. The fourth-order valence-corrected chi connectivity index (χ4v) is 0. The maximum absolute atomic E-state index is 2.25. The third kappa shape index (κ3) is 3.00. The molecule has 0 aromatic rings. The first-order chi connectivity index (χ1) is 1.50. The van der Waals surface area contributed by atoms with Crippen LogP contribution >= 0.6 is 0 Å². The summed E-state index contributed by atoms with van der Waals surface area (Å²) in [5.41, 5.74) is 0. The van der Waals surface area contributed by atoms with Gasteiger partial charge in [-0.05, 0) is 19.3 Å². The molecule has 1 fully saturated rings. The Labute approximate surface area is 48.9 Å². The molecule has 0 saturated heterocycles. The first-order valence-corrected chi connectivity index (χ1v) is 1.32. The van der Waals surface area contributed by atoms with Crippen molar-refractivity contribution < 1.29 is 0 Å². The Morgan fingerprint density at radius 1 is 1.25 bits per heavy atom. The first-order valence-electron chi connectivity index (χ1n) is 1.32. The molecule has 0 heterocycles. The molecule has 0 spiro atoms. The van der Waals surface area contributed by atoms with Crippen LogP contribution in [-0.4, -0.2) is 29.6 Å². The van der Waals surface area contributed by atoms with E-state index < -0.39 is 0 Å². The van der Waals surface area contributed by atoms with E-state index in [2.05, 4.69) is 6.42 Å². The van der Waals surface area contributed by atoms with Crippen molar-refractivity contribution >= 4 is 29.6 Å². The van der Waals surface area contributed by atoms with Crippen LogP contribution in [0.4, 0.5) is 0 Å². The van der Waals surface area contributed by atoms with Gasteiger partial charge in [0.05, 0.1) is 0 Å². The van der Waals surface area contributed by atoms with Crippen LogP contribution in [0.3, 0.4) is 0 Å². The predicted molar refractivity (Wildman–Crippen MR) is 20.7 cm³/mol. The normalized spacial score (nSPS) is 18.0. The Hall–Kier alpha value is 1.00. The Morgan fingerprint density at radius 2 is 1.50 bits per heavy atom. The van der Waals surface area contributed by atoms with Crippen LogP contribution in [0.1, 0.15) is 12.8 Å². The van der Waals surface area contributed by atoms with E-state index in [1.807, 2.05) is 0 Å². The second-order valence-corrected chi connectivity index (χ2v) is 0.866. The average molecular weight is 65.1 g/mol. The summed E-state index contributed by atoms with van der Waals surface area (Å²) in [5.74, 6) is 0. The summed E-state index contributed by atoms with van der Waals surface area (Å²) in [6.45, 7) is 0. The van der Waals surface area contributed by atoms with Crippen LogP contribution in [0.25, 0.3) is 0 Å². The Kier molecular flexibility index (Phi) is 2.81. The van der Waals surface area contributed by atoms with Gasteiger partial charge in [-0.1, -0.05) is 0 Å². The van der Waals surface area contributed by atoms with Crippen molar-refractivity contribution in [2.75, 3.05) is 0 Å². The summed E-state index contributed by atoms with van der Waals surface area (Å²) < 4.78 is 0. The Balaban J connectivity index is 0.0000000900. The van der Waals surface area contributed by atoms with Crippen LogP contribution < -0.4 is 0 Å². The van der Waals surface area contributed by atoms with Gasteiger partial charge < -0.3 is 0 Å². The van der Waals surface area contributed by atoms with E-state index in [4.69, 9.17) is 0 Å². The summed E-state index contributed by atoms with van der Waals surface area (Å²) >= 11 is 0. The quantitative estimate of drug-likeness (QED) is 0.357. The zero-order valence-electron chi connectivity index (χ0n) is 1.99. The van der Waals surface area contributed by atoms with Crippen molar-refractivity contribution in [1.82, 2.24) is 0 Å². The fraction of sp³-hybridized carbons (Fsp3) is 0.667. The van der Waals surface area contributed by atoms with E-state index in [1.54, 1.807) is 0 Å². The monoisotopic (exact) mass is 65.0 g/mol. The molecule has 0 aromatic heterocycles. The van der Waals surface area contributed by atoms with Crippen LogP contribution in [-0.2, 0) is 0 Å². The molecule has 0 nitrogen and oxygen atoms in total. The molecule has 1 rings (SSSR count). The van der Waals surface area contributed by atoms with Gasteiger partial charge in [-0.15, -0.1) is 0 Å². The number of rotatable bonds is 0. The average Bonchev–Trinajstić information content (AvgIpc) is 1.46. The molecule has 19 valence electrons. The summed E-state index contributed by atoms with van der Waals surface area (Å²) in [6, 6.07) is 0. The van der Waals surface area contributed by atoms with Crippen LogP contribution in [0.2, 0.25) is 0 Å². The van der Waals surface area contributed by atoms with Crippen molar-refractivity contribution in [3.63, 3.8) is 0 Å². The standard InChI is InChI=1S/C3H5.Na.H/c1-2-3-1;;/h1H,2-3H2;;. The van der Waals surface area contributed by atoms with Gasteiger partial charge in [0.25, 0.3) is 0 Å². The number of hydrogen-bond donors (Lipinski definition) is 0. The van der Waals surface area contributed by atoms with E-state index in [0.717, 1.165) is 0 Å². The van der Waals surface area contributed by atoms with E-state index in [-0.39, 0.29) is 29.6 Å². The van der Waals surface area contributed by atoms with Crippen molar-refractivity contribution in [2.24, 2.45) is 0 Å². The van der Waals surface area contributed by atoms with Crippen LogP contribution in [0.15, 0.2) is 0 Å². The van der Waals surface area contributed by atoms with Gasteiger partial charge in [-0.3, -0.25) is 0 Å². The second-order valence-electron chi connectivity index (χ2n) is 0.866. The molecule has 1 aliphatic carbocycles. The van der Waals surface area contributed by atoms with Gasteiger partial charge in [-0.2, -0.15) is 0 Å². The molecule has 1 saturated carbocycles. The molecule has 0 N–H and O–H groups in total. The van der Waals surface area contributed by atoms with Gasteiger partial charge in [-0.25, -0.2) is 0 Å². The third-order valence-electron chi connectivity index (χ3n) is 0.289. The Bertz CT molecular complexity index is 8.00. The fourth-order valence-electron chi connectivity index (χ4n) is 0. The minimum absolute atomic E-state index is 0. The molecule has 4 heavy (non-hydrogen) atoms. The molecule has 0 amide bonds. The summed E-state index contributed by atoms with van der Waals surface area (Å²) in [6.07, 6.45) is 5.00. The van der Waals surface area contributed by atoms with E-state index in [1.165, 1.54) is 12.8 Å². The van der Waals surface area contributed by atoms with Crippen molar-refractivity contribution in [1.29, 1.82) is 0 Å². The molecule has 0 aromatic carbocycles. The summed E-state index contributed by atoms with van der Waals surface area (Å²) in [7, 11) is 0. The van der Waals surface area contributed by atoms with Gasteiger partial charge in [0.2, 0.25) is 0 Å². The topological polar surface area (TPSA) is 0 Å². The minimum atomic E-state index is 0. The maximum atomic E-state index is 2.25. The first kappa shape index (κ1) is 5.00. The van der Waals surface area contributed by atoms with Crippen molar-refractivity contribution in [3.05, 3.63) is 6.42 Å². The molecule has 0 aliphatic heterocycles. The molecule has 0 bridgehead atoms. The predicted octanol–water partition coefficient (Wildman–Crippen LogP) is 0.336. The zero-order valence-corrected chi connectivity index (χ0v) is 1.99. The second kappa shape index (κ2) is 2.25. The Morgan fingerprint density at radius 3 is 1.50 bits per heavy atom. The van der Waals surface area contributed by atoms with E-state index >= 15 is 0 Å².